The molecule has 1 aliphatic rings. The highest BCUT2D eigenvalue weighted by Crippen LogP contribution is 2.41. The van der Waals surface area contributed by atoms with Crippen molar-refractivity contribution in [1.29, 1.82) is 0 Å². The maximum atomic E-state index is 12.6. The molecular weight excluding hydrogens is 537 g/mol. The average Bonchev–Trinajstić information content (AvgIpc) is 2.94. The molecule has 0 fully saturated rings. The molecule has 0 saturated heterocycles. The summed E-state index contributed by atoms with van der Waals surface area (Å²) in [5.41, 5.74) is 4.18. The Morgan fingerprint density at radius 3 is 2.41 bits per heavy atom. The van der Waals surface area contributed by atoms with Gasteiger partial charge in [0.2, 0.25) is 0 Å². The zero-order chi connectivity index (χ0) is 27.4. The van der Waals surface area contributed by atoms with Crippen LogP contribution >= 0.6 is 23.2 Å². The van der Waals surface area contributed by atoms with Crippen molar-refractivity contribution in [3.63, 3.8) is 0 Å². The molecule has 0 radical (unpaired) electrons. The second-order valence-electron chi connectivity index (χ2n) is 9.16. The van der Waals surface area contributed by atoms with Crippen LogP contribution in [0.5, 0.6) is 17.2 Å². The third-order valence-corrected chi connectivity index (χ3v) is 7.21. The van der Waals surface area contributed by atoms with Gasteiger partial charge in [-0.25, -0.2) is 0 Å². The third-order valence-electron chi connectivity index (χ3n) is 6.58. The highest BCUT2D eigenvalue weighted by atomic mass is 35.5. The fourth-order valence-corrected chi connectivity index (χ4v) is 4.95. The first-order valence-electron chi connectivity index (χ1n) is 12.5. The van der Waals surface area contributed by atoms with Crippen molar-refractivity contribution < 1.29 is 24.2 Å². The predicted octanol–water partition coefficient (Wildman–Crippen LogP) is 7.38. The summed E-state index contributed by atoms with van der Waals surface area (Å²) in [6.07, 6.45) is 1.08. The monoisotopic (exact) mass is 561 g/mol. The molecular formula is C31H25Cl2NO5. The van der Waals surface area contributed by atoms with Gasteiger partial charge in [-0.2, -0.15) is 0 Å². The molecule has 1 amide bonds. The zero-order valence-electron chi connectivity index (χ0n) is 20.8. The Morgan fingerprint density at radius 1 is 0.949 bits per heavy atom. The summed E-state index contributed by atoms with van der Waals surface area (Å²) in [5.74, 6) is -0.483. The van der Waals surface area contributed by atoms with Crippen LogP contribution < -0.4 is 14.8 Å². The van der Waals surface area contributed by atoms with Crippen molar-refractivity contribution in [2.45, 2.75) is 18.8 Å². The number of carboxylic acids is 1. The van der Waals surface area contributed by atoms with E-state index < -0.39 is 11.9 Å². The van der Waals surface area contributed by atoms with Gasteiger partial charge in [-0.3, -0.25) is 9.59 Å². The topological polar surface area (TPSA) is 84.9 Å². The van der Waals surface area contributed by atoms with Crippen molar-refractivity contribution in [2.24, 2.45) is 0 Å². The quantitative estimate of drug-likeness (QED) is 0.234. The van der Waals surface area contributed by atoms with E-state index in [9.17, 15) is 14.7 Å². The number of rotatable bonds is 8. The molecule has 39 heavy (non-hydrogen) atoms. The Bertz CT molecular complexity index is 1500. The van der Waals surface area contributed by atoms with Gasteiger partial charge < -0.3 is 19.9 Å². The summed E-state index contributed by atoms with van der Waals surface area (Å²) in [6, 6.07) is 25.7. The van der Waals surface area contributed by atoms with E-state index >= 15 is 0 Å². The number of carbonyl (C=O) groups excluding carboxylic acids is 1. The van der Waals surface area contributed by atoms with Gasteiger partial charge in [0.1, 0.15) is 17.2 Å². The fraction of sp³-hybridized carbons (Fsp3) is 0.161. The van der Waals surface area contributed by atoms with Crippen molar-refractivity contribution in [1.82, 2.24) is 5.32 Å². The maximum absolute atomic E-state index is 12.6. The number of halogens is 2. The number of fused-ring (bicyclic) bond motifs is 1. The molecule has 5 rings (SSSR count). The van der Waals surface area contributed by atoms with E-state index in [2.05, 4.69) is 5.32 Å². The number of nitrogens with one attached hydrogen (secondary N) is 1. The summed E-state index contributed by atoms with van der Waals surface area (Å²) < 4.78 is 11.5. The minimum atomic E-state index is -0.913. The number of carbonyl (C=O) groups is 2. The smallest absolute Gasteiger partial charge is 0.311 e. The normalized spacial score (nSPS) is 14.2. The lowest BCUT2D eigenvalue weighted by Crippen LogP contribution is -2.25. The molecule has 2 N–H and O–H groups in total. The number of carboxylic acid groups (broad SMARTS) is 1. The van der Waals surface area contributed by atoms with Crippen LogP contribution in [0.4, 0.5) is 0 Å². The second kappa shape index (κ2) is 11.8. The summed E-state index contributed by atoms with van der Waals surface area (Å²) in [7, 11) is 0. The van der Waals surface area contributed by atoms with Gasteiger partial charge in [0, 0.05) is 34.3 Å². The number of aliphatic carboxylic acids is 1. The Balaban J connectivity index is 1.16. The van der Waals surface area contributed by atoms with Gasteiger partial charge in [0.15, 0.2) is 0 Å². The maximum Gasteiger partial charge on any atom is 0.311 e. The van der Waals surface area contributed by atoms with Crippen LogP contribution in [-0.4, -0.2) is 30.1 Å². The van der Waals surface area contributed by atoms with Crippen molar-refractivity contribution >= 4 is 35.1 Å². The van der Waals surface area contributed by atoms with Gasteiger partial charge in [0.25, 0.3) is 5.91 Å². The SMILES string of the molecule is O=C(NCCc1ccc(-c2ccccc2Cl)cc1)c1ccc(Oc2cc3c(cc2Cl)C(C(=O)O)CCO3)cc1. The Morgan fingerprint density at radius 2 is 1.69 bits per heavy atom. The van der Waals surface area contributed by atoms with E-state index in [0.29, 0.717) is 59.4 Å². The van der Waals surface area contributed by atoms with Crippen LogP contribution in [0.3, 0.4) is 0 Å². The van der Waals surface area contributed by atoms with E-state index in [0.717, 1.165) is 16.7 Å². The first kappa shape index (κ1) is 26.6. The number of amides is 1. The largest absolute Gasteiger partial charge is 0.493 e. The lowest BCUT2D eigenvalue weighted by Gasteiger charge is -2.24. The Kier molecular flexibility index (Phi) is 8.05. The van der Waals surface area contributed by atoms with Crippen molar-refractivity contribution in [3.8, 4) is 28.4 Å². The Labute approximate surface area is 236 Å². The van der Waals surface area contributed by atoms with Crippen molar-refractivity contribution in [2.75, 3.05) is 13.2 Å². The Hall–Kier alpha value is -4.00. The molecule has 0 aromatic heterocycles. The zero-order valence-corrected chi connectivity index (χ0v) is 22.3. The first-order valence-corrected chi connectivity index (χ1v) is 13.2. The summed E-state index contributed by atoms with van der Waals surface area (Å²) in [5, 5.41) is 13.4. The second-order valence-corrected chi connectivity index (χ2v) is 9.97. The first-order chi connectivity index (χ1) is 18.9. The number of benzene rings is 4. The lowest BCUT2D eigenvalue weighted by molar-refractivity contribution is -0.139. The molecule has 1 unspecified atom stereocenters. The van der Waals surface area contributed by atoms with Crippen LogP contribution in [0.25, 0.3) is 11.1 Å². The summed E-state index contributed by atoms with van der Waals surface area (Å²) >= 11 is 12.7. The molecule has 198 valence electrons. The standard InChI is InChI=1S/C31H25Cl2NO5/c32-26-4-2-1-3-23(26)20-7-5-19(6-8-20)13-15-34-30(35)21-9-11-22(12-10-21)39-29-18-28-25(17-27(29)33)24(31(36)37)14-16-38-28/h1-12,17-18,24H,13-16H2,(H,34,35)(H,36,37). The van der Waals surface area contributed by atoms with Gasteiger partial charge in [-0.1, -0.05) is 65.7 Å². The minimum absolute atomic E-state index is 0.186. The number of hydrogen-bond acceptors (Lipinski definition) is 4. The third kappa shape index (κ3) is 6.19. The highest BCUT2D eigenvalue weighted by molar-refractivity contribution is 6.33. The minimum Gasteiger partial charge on any atom is -0.493 e. The molecule has 4 aromatic rings. The van der Waals surface area contributed by atoms with E-state index in [1.54, 1.807) is 36.4 Å². The van der Waals surface area contributed by atoms with Gasteiger partial charge in [-0.15, -0.1) is 0 Å². The van der Waals surface area contributed by atoms with E-state index in [-0.39, 0.29) is 10.9 Å². The van der Waals surface area contributed by atoms with E-state index in [1.807, 2.05) is 48.5 Å². The molecule has 4 aromatic carbocycles. The molecule has 0 bridgehead atoms. The van der Waals surface area contributed by atoms with Crippen LogP contribution in [-0.2, 0) is 11.2 Å². The average molecular weight is 562 g/mol. The summed E-state index contributed by atoms with van der Waals surface area (Å²) in [6.45, 7) is 0.799. The molecule has 1 heterocycles. The van der Waals surface area contributed by atoms with Crippen LogP contribution in [0, 0.1) is 0 Å². The summed E-state index contributed by atoms with van der Waals surface area (Å²) in [4.78, 5) is 24.2. The molecule has 6 nitrogen and oxygen atoms in total. The van der Waals surface area contributed by atoms with Crippen LogP contribution in [0.15, 0.2) is 84.9 Å². The van der Waals surface area contributed by atoms with Gasteiger partial charge >= 0.3 is 5.97 Å². The predicted molar refractivity (Wildman–Crippen MR) is 151 cm³/mol. The van der Waals surface area contributed by atoms with Crippen molar-refractivity contribution in [3.05, 3.63) is 112 Å². The molecule has 0 aliphatic carbocycles. The van der Waals surface area contributed by atoms with Gasteiger partial charge in [-0.05, 0) is 60.4 Å². The van der Waals surface area contributed by atoms with Crippen LogP contribution in [0.2, 0.25) is 10.0 Å². The van der Waals surface area contributed by atoms with E-state index in [1.165, 1.54) is 0 Å². The van der Waals surface area contributed by atoms with Crippen LogP contribution in [0.1, 0.15) is 33.8 Å². The molecule has 1 aliphatic heterocycles. The van der Waals surface area contributed by atoms with Gasteiger partial charge in [0.05, 0.1) is 17.5 Å². The highest BCUT2D eigenvalue weighted by Gasteiger charge is 2.29. The van der Waals surface area contributed by atoms with E-state index in [4.69, 9.17) is 32.7 Å². The molecule has 0 spiro atoms. The molecule has 1 atom stereocenters. The number of hydrogen-bond donors (Lipinski definition) is 2. The molecule has 0 saturated carbocycles. The fourth-order valence-electron chi connectivity index (χ4n) is 4.49. The number of ether oxygens (including phenoxy) is 2. The lowest BCUT2D eigenvalue weighted by atomic mass is 9.93. The molecule has 8 heteroatoms.